The van der Waals surface area contributed by atoms with Crippen molar-refractivity contribution in [3.63, 3.8) is 0 Å². The van der Waals surface area contributed by atoms with Crippen LogP contribution in [0.3, 0.4) is 0 Å². The maximum Gasteiger partial charge on any atom is 0.412 e. The van der Waals surface area contributed by atoms with Gasteiger partial charge in [0, 0.05) is 17.3 Å². The van der Waals surface area contributed by atoms with E-state index in [1.54, 1.807) is 0 Å². The number of hydrogen-bond donors (Lipinski definition) is 2. The predicted octanol–water partition coefficient (Wildman–Crippen LogP) is 7.88. The molecule has 2 saturated carbocycles. The van der Waals surface area contributed by atoms with Crippen LogP contribution in [-0.4, -0.2) is 24.4 Å². The van der Waals surface area contributed by atoms with E-state index in [0.717, 1.165) is 25.7 Å². The van der Waals surface area contributed by atoms with Gasteiger partial charge in [-0.15, -0.1) is 0 Å². The first-order valence-corrected chi connectivity index (χ1v) is 13.2. The second-order valence-corrected chi connectivity index (χ2v) is 11.6. The summed E-state index contributed by atoms with van der Waals surface area (Å²) < 4.78 is 11.8. The second-order valence-electron chi connectivity index (χ2n) is 11.6. The first kappa shape index (κ1) is 26.1. The van der Waals surface area contributed by atoms with Gasteiger partial charge >= 0.3 is 12.2 Å². The standard InChI is InChI=1S/C30H40N2O4/c1-28(2)18-11-19-29(3)24(28)16-20-30(4,36-27(34)32-23-14-9-6-10-15-23)25(29)17-21-35-26(33)31-22-12-7-5-8-13-22/h5-10,12-15,24-25H,11,16-21H2,1-4H3,(H,31,33)(H,32,34)/t24-,25+,29-,30+/m0/s1. The monoisotopic (exact) mass is 492 g/mol. The number of nitrogens with one attached hydrogen (secondary N) is 2. The van der Waals surface area contributed by atoms with E-state index in [1.807, 2.05) is 60.7 Å². The highest BCUT2D eigenvalue weighted by atomic mass is 16.6. The maximum absolute atomic E-state index is 13.0. The normalized spacial score (nSPS) is 28.9. The predicted molar refractivity (Wildman–Crippen MR) is 143 cm³/mol. The van der Waals surface area contributed by atoms with Crippen LogP contribution in [0.4, 0.5) is 21.0 Å². The lowest BCUT2D eigenvalue weighted by Gasteiger charge is -2.61. The lowest BCUT2D eigenvalue weighted by Crippen LogP contribution is -2.59. The van der Waals surface area contributed by atoms with Crippen LogP contribution < -0.4 is 10.6 Å². The molecule has 2 aliphatic rings. The number of carbonyl (C=O) groups is 2. The van der Waals surface area contributed by atoms with Crippen molar-refractivity contribution in [2.45, 2.75) is 71.8 Å². The van der Waals surface area contributed by atoms with Crippen molar-refractivity contribution >= 4 is 23.6 Å². The molecule has 2 aliphatic carbocycles. The zero-order valence-corrected chi connectivity index (χ0v) is 22.0. The van der Waals surface area contributed by atoms with E-state index in [2.05, 4.69) is 38.3 Å². The highest BCUT2D eigenvalue weighted by molar-refractivity contribution is 5.85. The Morgan fingerprint density at radius 3 is 2.03 bits per heavy atom. The molecule has 6 heteroatoms. The fourth-order valence-corrected chi connectivity index (χ4v) is 7.18. The molecule has 6 nitrogen and oxygen atoms in total. The first-order valence-electron chi connectivity index (χ1n) is 13.2. The Kier molecular flexibility index (Phi) is 7.62. The van der Waals surface area contributed by atoms with Gasteiger partial charge in [-0.2, -0.15) is 0 Å². The molecule has 2 aromatic carbocycles. The van der Waals surface area contributed by atoms with E-state index in [9.17, 15) is 9.59 Å². The van der Waals surface area contributed by atoms with Crippen LogP contribution in [0.2, 0.25) is 0 Å². The average molecular weight is 493 g/mol. The highest BCUT2D eigenvalue weighted by Crippen LogP contribution is 2.63. The Morgan fingerprint density at radius 1 is 0.833 bits per heavy atom. The van der Waals surface area contributed by atoms with E-state index in [0.29, 0.717) is 23.7 Å². The molecular weight excluding hydrogens is 452 g/mol. The minimum absolute atomic E-state index is 0.0129. The van der Waals surface area contributed by atoms with Gasteiger partial charge in [0.25, 0.3) is 0 Å². The van der Waals surface area contributed by atoms with Crippen molar-refractivity contribution in [1.82, 2.24) is 0 Å². The Hall–Kier alpha value is -3.02. The van der Waals surface area contributed by atoms with E-state index in [4.69, 9.17) is 9.47 Å². The summed E-state index contributed by atoms with van der Waals surface area (Å²) >= 11 is 0. The van der Waals surface area contributed by atoms with Gasteiger partial charge in [0.05, 0.1) is 6.61 Å². The van der Waals surface area contributed by atoms with Gasteiger partial charge in [0.2, 0.25) is 0 Å². The summed E-state index contributed by atoms with van der Waals surface area (Å²) in [5.74, 6) is 0.588. The van der Waals surface area contributed by atoms with Crippen LogP contribution in [0, 0.1) is 22.7 Å². The molecule has 0 bridgehead atoms. The molecule has 2 N–H and O–H groups in total. The molecule has 2 aromatic rings. The number of anilines is 2. The highest BCUT2D eigenvalue weighted by Gasteiger charge is 2.59. The third kappa shape index (κ3) is 5.69. The van der Waals surface area contributed by atoms with Gasteiger partial charge in [0.1, 0.15) is 5.60 Å². The van der Waals surface area contributed by atoms with Crippen molar-refractivity contribution in [2.75, 3.05) is 17.2 Å². The summed E-state index contributed by atoms with van der Waals surface area (Å²) in [6.45, 7) is 9.45. The van der Waals surface area contributed by atoms with Crippen LogP contribution in [0.5, 0.6) is 0 Å². The van der Waals surface area contributed by atoms with Crippen LogP contribution in [0.15, 0.2) is 60.7 Å². The molecule has 0 radical (unpaired) electrons. The average Bonchev–Trinajstić information content (AvgIpc) is 2.81. The maximum atomic E-state index is 13.0. The quantitative estimate of drug-likeness (QED) is 0.430. The summed E-state index contributed by atoms with van der Waals surface area (Å²) in [4.78, 5) is 25.4. The molecule has 4 atom stereocenters. The molecule has 194 valence electrons. The molecule has 2 amide bonds. The minimum atomic E-state index is -0.656. The van der Waals surface area contributed by atoms with Crippen LogP contribution in [0.1, 0.15) is 66.2 Å². The van der Waals surface area contributed by atoms with Crippen molar-refractivity contribution in [1.29, 1.82) is 0 Å². The van der Waals surface area contributed by atoms with E-state index >= 15 is 0 Å². The molecule has 36 heavy (non-hydrogen) atoms. The number of amides is 2. The van der Waals surface area contributed by atoms with Crippen molar-refractivity contribution < 1.29 is 19.1 Å². The third-order valence-corrected chi connectivity index (χ3v) is 8.74. The smallest absolute Gasteiger partial charge is 0.412 e. The fraction of sp³-hybridized carbons (Fsp3) is 0.533. The van der Waals surface area contributed by atoms with Crippen molar-refractivity contribution in [3.8, 4) is 0 Å². The molecule has 4 rings (SSSR count). The van der Waals surface area contributed by atoms with E-state index in [1.165, 1.54) is 6.42 Å². The summed E-state index contributed by atoms with van der Waals surface area (Å²) in [5, 5.41) is 5.66. The van der Waals surface area contributed by atoms with E-state index in [-0.39, 0.29) is 23.4 Å². The van der Waals surface area contributed by atoms with Crippen LogP contribution in [0.25, 0.3) is 0 Å². The van der Waals surface area contributed by atoms with Gasteiger partial charge in [-0.05, 0) is 80.0 Å². The number of ether oxygens (including phenoxy) is 2. The zero-order valence-electron chi connectivity index (χ0n) is 22.0. The number of carbonyl (C=O) groups excluding carboxylic acids is 2. The first-order chi connectivity index (χ1) is 17.1. The summed E-state index contributed by atoms with van der Waals surface area (Å²) in [5.41, 5.74) is 0.969. The Labute approximate surface area is 215 Å². The number of para-hydroxylation sites is 2. The lowest BCUT2D eigenvalue weighted by molar-refractivity contribution is -0.170. The van der Waals surface area contributed by atoms with Gasteiger partial charge in [-0.3, -0.25) is 10.6 Å². The molecule has 0 aliphatic heterocycles. The third-order valence-electron chi connectivity index (χ3n) is 8.74. The van der Waals surface area contributed by atoms with Gasteiger partial charge < -0.3 is 9.47 Å². The minimum Gasteiger partial charge on any atom is -0.449 e. The molecule has 0 spiro atoms. The molecule has 2 fully saturated rings. The summed E-state index contributed by atoms with van der Waals surface area (Å²) in [6, 6.07) is 18.7. The SMILES string of the molecule is CC1(C)CCC[C@]2(C)[C@@H](CCOC(=O)Nc3ccccc3)[C@](C)(OC(=O)Nc3ccccc3)CC[C@@H]12. The number of benzene rings is 2. The van der Waals surface area contributed by atoms with Crippen LogP contribution >= 0.6 is 0 Å². The molecule has 0 unspecified atom stereocenters. The Morgan fingerprint density at radius 2 is 1.42 bits per heavy atom. The Bertz CT molecular complexity index is 1040. The number of fused-ring (bicyclic) bond motifs is 1. The second kappa shape index (κ2) is 10.5. The Balaban J connectivity index is 1.49. The van der Waals surface area contributed by atoms with E-state index < -0.39 is 17.8 Å². The molecule has 0 heterocycles. The topological polar surface area (TPSA) is 76.7 Å². The van der Waals surface area contributed by atoms with Crippen molar-refractivity contribution in [2.24, 2.45) is 22.7 Å². The summed E-state index contributed by atoms with van der Waals surface area (Å²) in [6.07, 6.45) is 4.99. The fourth-order valence-electron chi connectivity index (χ4n) is 7.18. The lowest BCUT2D eigenvalue weighted by atomic mass is 9.45. The molecule has 0 saturated heterocycles. The number of hydrogen-bond acceptors (Lipinski definition) is 4. The molecular formula is C30H40N2O4. The van der Waals surface area contributed by atoms with Crippen LogP contribution in [-0.2, 0) is 9.47 Å². The summed E-state index contributed by atoms with van der Waals surface area (Å²) in [7, 11) is 0. The van der Waals surface area contributed by atoms with Gasteiger partial charge in [-0.25, -0.2) is 9.59 Å². The number of rotatable bonds is 6. The molecule has 0 aromatic heterocycles. The van der Waals surface area contributed by atoms with Gasteiger partial charge in [-0.1, -0.05) is 63.6 Å². The van der Waals surface area contributed by atoms with Gasteiger partial charge in [0.15, 0.2) is 0 Å². The largest absolute Gasteiger partial charge is 0.449 e. The zero-order chi connectivity index (χ0) is 25.8. The van der Waals surface area contributed by atoms with Crippen molar-refractivity contribution in [3.05, 3.63) is 60.7 Å².